The van der Waals surface area contributed by atoms with E-state index < -0.39 is 0 Å². The van der Waals surface area contributed by atoms with Crippen LogP contribution >= 0.6 is 11.6 Å². The predicted octanol–water partition coefficient (Wildman–Crippen LogP) is 9.61. The maximum absolute atomic E-state index is 12.4. The fraction of sp³-hybridized carbons (Fsp3) is 0.250. The van der Waals surface area contributed by atoms with Crippen LogP contribution in [0.15, 0.2) is 140 Å². The molecule has 326 valence electrons. The number of ketones is 1. The lowest BCUT2D eigenvalue weighted by Crippen LogP contribution is -2.25. The number of carbonyl (C=O) groups excluding carboxylic acids is 4. The average Bonchev–Trinajstić information content (AvgIpc) is 3.32. The quantitative estimate of drug-likeness (QED) is 0.0307. The van der Waals surface area contributed by atoms with Crippen LogP contribution in [0.1, 0.15) is 85.4 Å². The number of benzene rings is 4. The molecule has 3 amide bonds. The number of amides is 3. The van der Waals surface area contributed by atoms with Crippen LogP contribution in [-0.2, 0) is 9.59 Å². The molecule has 0 atom stereocenters. The van der Waals surface area contributed by atoms with Gasteiger partial charge in [0, 0.05) is 67.8 Å². The maximum Gasteiger partial charge on any atom is 0.254 e. The number of unbranched alkanes of at least 4 members (excludes halogenated alkanes) is 5. The topological polar surface area (TPSA) is 183 Å². The number of anilines is 6. The van der Waals surface area contributed by atoms with Gasteiger partial charge in [-0.2, -0.15) is 0 Å². The molecular formula is C48H52ClN9O5. The van der Waals surface area contributed by atoms with Gasteiger partial charge in [-0.3, -0.25) is 29.4 Å². The zero-order chi connectivity index (χ0) is 44.7. The highest BCUT2D eigenvalue weighted by Gasteiger charge is 2.19. The van der Waals surface area contributed by atoms with E-state index in [0.29, 0.717) is 60.4 Å². The van der Waals surface area contributed by atoms with Gasteiger partial charge in [0.15, 0.2) is 0 Å². The molecule has 2 heterocycles. The monoisotopic (exact) mass is 869 g/mol. The number of Topliss-reactive ketones (excluding diaryl/α,β-unsaturated/α-hetero) is 1. The summed E-state index contributed by atoms with van der Waals surface area (Å²) < 4.78 is 0. The highest BCUT2D eigenvalue weighted by molar-refractivity contribution is 6.33. The Bertz CT molecular complexity index is 2280. The molecule has 0 saturated carbocycles. The number of carbonyl (C=O) groups is 4. The van der Waals surface area contributed by atoms with Gasteiger partial charge >= 0.3 is 0 Å². The third kappa shape index (κ3) is 15.1. The van der Waals surface area contributed by atoms with Gasteiger partial charge in [-0.25, -0.2) is 25.4 Å². The number of nitrogens with one attached hydrogen (secondary N) is 3. The molecule has 0 fully saturated rings. The molecule has 0 radical (unpaired) electrons. The lowest BCUT2D eigenvalue weighted by Gasteiger charge is -2.23. The lowest BCUT2D eigenvalue weighted by atomic mass is 10.1. The van der Waals surface area contributed by atoms with Gasteiger partial charge in [-0.05, 0) is 81.1 Å². The van der Waals surface area contributed by atoms with Gasteiger partial charge in [0.2, 0.25) is 17.8 Å². The summed E-state index contributed by atoms with van der Waals surface area (Å²) in [5.74, 6) is 0.276. The first kappa shape index (κ1) is 47.0. The summed E-state index contributed by atoms with van der Waals surface area (Å²) in [6.45, 7) is 2.68. The molecule has 6 aromatic rings. The predicted molar refractivity (Wildman–Crippen MR) is 245 cm³/mol. The third-order valence-electron chi connectivity index (χ3n) is 9.57. The first-order valence-electron chi connectivity index (χ1n) is 20.9. The van der Waals surface area contributed by atoms with Crippen molar-refractivity contribution in [2.45, 2.75) is 64.7 Å². The second kappa shape index (κ2) is 25.7. The first-order valence-corrected chi connectivity index (χ1v) is 21.3. The molecule has 0 bridgehead atoms. The highest BCUT2D eigenvalue weighted by Crippen LogP contribution is 2.36. The van der Waals surface area contributed by atoms with Crippen LogP contribution in [0.5, 0.6) is 0 Å². The number of halogens is 1. The number of hydrogen-bond donors (Lipinski definition) is 4. The van der Waals surface area contributed by atoms with Crippen LogP contribution < -0.4 is 25.9 Å². The maximum atomic E-state index is 12.4. The van der Waals surface area contributed by atoms with Crippen molar-refractivity contribution in [2.24, 2.45) is 0 Å². The number of hydrogen-bond acceptors (Lipinski definition) is 11. The molecule has 6 rings (SSSR count). The molecule has 0 saturated heterocycles. The largest absolute Gasteiger partial charge is 0.352 e. The summed E-state index contributed by atoms with van der Waals surface area (Å²) in [5.41, 5.74) is 5.86. The van der Waals surface area contributed by atoms with Crippen LogP contribution in [0.4, 0.5) is 34.6 Å². The summed E-state index contributed by atoms with van der Waals surface area (Å²) in [7, 11) is 0. The minimum atomic E-state index is -0.375. The fourth-order valence-corrected chi connectivity index (χ4v) is 6.54. The summed E-state index contributed by atoms with van der Waals surface area (Å²) in [6.07, 6.45) is 12.8. The van der Waals surface area contributed by atoms with Crippen molar-refractivity contribution < 1.29 is 24.4 Å². The second-order valence-corrected chi connectivity index (χ2v) is 14.8. The minimum Gasteiger partial charge on any atom is -0.352 e. The summed E-state index contributed by atoms with van der Waals surface area (Å²) in [4.78, 5) is 68.2. The molecule has 0 aliphatic rings. The summed E-state index contributed by atoms with van der Waals surface area (Å²) in [6, 6.07) is 36.8. The molecule has 4 N–H and O–H groups in total. The Labute approximate surface area is 372 Å². The van der Waals surface area contributed by atoms with Crippen LogP contribution in [0, 0.1) is 0 Å². The minimum absolute atomic E-state index is 0.197. The Morgan fingerprint density at radius 1 is 0.524 bits per heavy atom. The number of para-hydroxylation sites is 4. The van der Waals surface area contributed by atoms with Gasteiger partial charge < -0.3 is 15.4 Å². The number of hydroxylamine groups is 1. The van der Waals surface area contributed by atoms with E-state index in [0.717, 1.165) is 61.3 Å². The van der Waals surface area contributed by atoms with Gasteiger partial charge in [0.05, 0.1) is 21.8 Å². The van der Waals surface area contributed by atoms with E-state index >= 15 is 0 Å². The molecule has 63 heavy (non-hydrogen) atoms. The second-order valence-electron chi connectivity index (χ2n) is 14.4. The van der Waals surface area contributed by atoms with Crippen LogP contribution in [0.3, 0.4) is 0 Å². The Kier molecular flexibility index (Phi) is 19.2. The molecule has 15 heteroatoms. The molecule has 4 aromatic carbocycles. The van der Waals surface area contributed by atoms with E-state index in [-0.39, 0.29) is 23.5 Å². The first-order chi connectivity index (χ1) is 30.7. The van der Waals surface area contributed by atoms with Crippen molar-refractivity contribution in [3.05, 3.63) is 156 Å². The van der Waals surface area contributed by atoms with Crippen LogP contribution in [0.2, 0.25) is 5.02 Å². The van der Waals surface area contributed by atoms with Crippen molar-refractivity contribution in [3.8, 4) is 0 Å². The SMILES string of the molecule is CC(=O)CCCCCNC(=O)c1cnc(N(c2ccccc2)c2ccccc2Cl)nc1.O=C(CCCCCCNC(=O)c1cnc(N(c2ccccc2)c2ccccc2)nc1)NO. The van der Waals surface area contributed by atoms with Crippen molar-refractivity contribution >= 4 is 69.8 Å². The van der Waals surface area contributed by atoms with E-state index in [1.165, 1.54) is 24.8 Å². The van der Waals surface area contributed by atoms with E-state index in [1.807, 2.05) is 125 Å². The number of aromatic nitrogens is 4. The Morgan fingerprint density at radius 2 is 0.921 bits per heavy atom. The molecular weight excluding hydrogens is 818 g/mol. The normalized spacial score (nSPS) is 10.5. The molecule has 14 nitrogen and oxygen atoms in total. The third-order valence-corrected chi connectivity index (χ3v) is 9.89. The van der Waals surface area contributed by atoms with Crippen molar-refractivity contribution in [3.63, 3.8) is 0 Å². The van der Waals surface area contributed by atoms with Crippen molar-refractivity contribution in [1.82, 2.24) is 36.0 Å². The molecule has 2 aromatic heterocycles. The van der Waals surface area contributed by atoms with E-state index in [4.69, 9.17) is 16.8 Å². The Hall–Kier alpha value is -7.03. The zero-order valence-electron chi connectivity index (χ0n) is 35.2. The molecule has 0 spiro atoms. The van der Waals surface area contributed by atoms with Crippen molar-refractivity contribution in [1.29, 1.82) is 0 Å². The molecule has 0 unspecified atom stereocenters. The standard InChI is InChI=1S/C24H25ClN4O2.C24H27N5O3/c1-18(30)10-4-3-9-15-26-23(31)19-16-27-24(28-17-19)29(20-11-5-2-6-12-20)22-14-8-7-13-21(22)25;30-22(28-32)15-9-1-2-10-16-25-23(31)19-17-26-24(27-18-19)29(20-11-5-3-6-12-20)21-13-7-4-8-14-21/h2,5-8,11-14,16-17H,3-4,9-10,15H2,1H3,(H,26,31);3-8,11-14,17-18,32H,1-2,9-10,15-16H2,(H,25,31)(H,28,30). The van der Waals surface area contributed by atoms with Crippen LogP contribution in [-0.4, -0.2) is 61.7 Å². The zero-order valence-corrected chi connectivity index (χ0v) is 36.0. The summed E-state index contributed by atoms with van der Waals surface area (Å²) >= 11 is 6.43. The fourth-order valence-electron chi connectivity index (χ4n) is 6.32. The van der Waals surface area contributed by atoms with Gasteiger partial charge in [0.25, 0.3) is 11.8 Å². The highest BCUT2D eigenvalue weighted by atomic mass is 35.5. The number of nitrogens with zero attached hydrogens (tertiary/aromatic N) is 6. The van der Waals surface area contributed by atoms with Crippen LogP contribution in [0.25, 0.3) is 0 Å². The average molecular weight is 870 g/mol. The molecule has 0 aliphatic carbocycles. The van der Waals surface area contributed by atoms with E-state index in [2.05, 4.69) is 30.6 Å². The summed E-state index contributed by atoms with van der Waals surface area (Å²) in [5, 5.41) is 14.8. The van der Waals surface area contributed by atoms with Gasteiger partial charge in [-0.1, -0.05) is 97.6 Å². The van der Waals surface area contributed by atoms with Gasteiger partial charge in [0.1, 0.15) is 5.78 Å². The Balaban J connectivity index is 0.000000238. The van der Waals surface area contributed by atoms with Crippen molar-refractivity contribution in [2.75, 3.05) is 22.9 Å². The Morgan fingerprint density at radius 3 is 1.38 bits per heavy atom. The van der Waals surface area contributed by atoms with E-state index in [9.17, 15) is 19.2 Å². The van der Waals surface area contributed by atoms with Gasteiger partial charge in [-0.15, -0.1) is 0 Å². The lowest BCUT2D eigenvalue weighted by molar-refractivity contribution is -0.129. The van der Waals surface area contributed by atoms with E-state index in [1.54, 1.807) is 12.4 Å². The molecule has 0 aliphatic heterocycles. The smallest absolute Gasteiger partial charge is 0.254 e. The number of rotatable bonds is 21.